The summed E-state index contributed by atoms with van der Waals surface area (Å²) in [4.78, 5) is 12.3. The van der Waals surface area contributed by atoms with Gasteiger partial charge >= 0.3 is 11.8 Å². The maximum atomic E-state index is 12.3. The van der Waals surface area contributed by atoms with E-state index in [4.69, 9.17) is 8.83 Å². The Hall–Kier alpha value is -3.41. The monoisotopic (exact) mass is 347 g/mol. The average Bonchev–Trinajstić information content (AvgIpc) is 3.28. The van der Waals surface area contributed by atoms with Crippen LogP contribution in [0, 0.1) is 6.92 Å². The summed E-state index contributed by atoms with van der Waals surface area (Å²) in [7, 11) is 0. The van der Waals surface area contributed by atoms with Crippen molar-refractivity contribution < 1.29 is 13.6 Å². The number of rotatable bonds is 4. The lowest BCUT2D eigenvalue weighted by Gasteiger charge is -2.03. The summed E-state index contributed by atoms with van der Waals surface area (Å²) >= 11 is 0. The minimum Gasteiger partial charge on any atom is -0.451 e. The molecule has 0 unspecified atom stereocenters. The lowest BCUT2D eigenvalue weighted by Crippen LogP contribution is -2.12. The Kier molecular flexibility index (Phi) is 4.01. The number of hydrogen-bond acceptors (Lipinski definition) is 5. The number of anilines is 1. The van der Waals surface area contributed by atoms with E-state index in [0.717, 1.165) is 23.0 Å². The Labute approximate surface area is 149 Å². The minimum absolute atomic E-state index is 0.112. The second-order valence-corrected chi connectivity index (χ2v) is 5.97. The highest BCUT2D eigenvalue weighted by Crippen LogP contribution is 2.32. The highest BCUT2D eigenvalue weighted by molar-refractivity contribution is 6.01. The molecule has 0 saturated carbocycles. The molecule has 0 fully saturated rings. The second kappa shape index (κ2) is 6.48. The van der Waals surface area contributed by atoms with Crippen molar-refractivity contribution in [2.75, 3.05) is 5.32 Å². The van der Waals surface area contributed by atoms with Crippen molar-refractivity contribution in [1.29, 1.82) is 0 Å². The van der Waals surface area contributed by atoms with E-state index in [9.17, 15) is 4.79 Å². The van der Waals surface area contributed by atoms with Crippen LogP contribution in [0.2, 0.25) is 0 Å². The van der Waals surface area contributed by atoms with Gasteiger partial charge in [0.1, 0.15) is 5.58 Å². The van der Waals surface area contributed by atoms with Crippen molar-refractivity contribution in [2.24, 2.45) is 0 Å². The Bertz CT molecular complexity index is 1080. The van der Waals surface area contributed by atoms with Crippen molar-refractivity contribution in [3.05, 3.63) is 65.5 Å². The van der Waals surface area contributed by atoms with Crippen LogP contribution in [0.1, 0.15) is 28.7 Å². The van der Waals surface area contributed by atoms with Crippen LogP contribution in [0.3, 0.4) is 0 Å². The summed E-state index contributed by atoms with van der Waals surface area (Å²) in [6.07, 6.45) is 0.943. The van der Waals surface area contributed by atoms with Crippen molar-refractivity contribution in [3.8, 4) is 11.7 Å². The molecule has 4 aromatic rings. The number of carbonyl (C=O) groups excluding carboxylic acids is 1. The van der Waals surface area contributed by atoms with Gasteiger partial charge in [0.15, 0.2) is 5.76 Å². The second-order valence-electron chi connectivity index (χ2n) is 5.97. The number of amides is 1. The highest BCUT2D eigenvalue weighted by atomic mass is 16.4. The minimum atomic E-state index is -0.457. The first-order valence-electron chi connectivity index (χ1n) is 8.38. The normalized spacial score (nSPS) is 11.0. The topological polar surface area (TPSA) is 81.2 Å². The summed E-state index contributed by atoms with van der Waals surface area (Å²) in [5.41, 5.74) is 3.50. The molecule has 6 heteroatoms. The smallest absolute Gasteiger partial charge is 0.313 e. The molecule has 26 heavy (non-hydrogen) atoms. The third-order valence-electron chi connectivity index (χ3n) is 4.28. The van der Waals surface area contributed by atoms with Gasteiger partial charge in [-0.3, -0.25) is 4.79 Å². The molecule has 0 spiro atoms. The molecule has 4 rings (SSSR count). The molecule has 2 heterocycles. The fourth-order valence-electron chi connectivity index (χ4n) is 2.79. The van der Waals surface area contributed by atoms with E-state index in [1.807, 2.05) is 55.5 Å². The number of para-hydroxylation sites is 1. The van der Waals surface area contributed by atoms with Gasteiger partial charge in [0.25, 0.3) is 5.89 Å². The van der Waals surface area contributed by atoms with E-state index in [2.05, 4.69) is 22.4 Å². The predicted molar refractivity (Wildman–Crippen MR) is 98.0 cm³/mol. The largest absolute Gasteiger partial charge is 0.451 e. The summed E-state index contributed by atoms with van der Waals surface area (Å²) in [5, 5.41) is 11.5. The van der Waals surface area contributed by atoms with Gasteiger partial charge in [-0.1, -0.05) is 37.3 Å². The van der Waals surface area contributed by atoms with Gasteiger partial charge in [-0.25, -0.2) is 0 Å². The maximum Gasteiger partial charge on any atom is 0.313 e. The molecule has 2 aromatic heterocycles. The third kappa shape index (κ3) is 2.86. The van der Waals surface area contributed by atoms with Crippen molar-refractivity contribution in [1.82, 2.24) is 10.2 Å². The Morgan fingerprint density at radius 2 is 1.81 bits per heavy atom. The van der Waals surface area contributed by atoms with Gasteiger partial charge in [-0.2, -0.15) is 0 Å². The molecule has 0 aliphatic carbocycles. The zero-order valence-corrected chi connectivity index (χ0v) is 14.4. The molecule has 0 bridgehead atoms. The number of nitrogens with zero attached hydrogens (tertiary/aromatic N) is 2. The Balaban J connectivity index is 1.58. The van der Waals surface area contributed by atoms with E-state index in [1.165, 1.54) is 5.56 Å². The lowest BCUT2D eigenvalue weighted by molar-refractivity contribution is 0.0990. The SMILES string of the molecule is CCc1ccc(NC(=O)c2nnc(-c3oc4ccccc4c3C)o2)cc1. The van der Waals surface area contributed by atoms with Gasteiger partial charge in [-0.15, -0.1) is 10.2 Å². The van der Waals surface area contributed by atoms with E-state index in [-0.39, 0.29) is 11.8 Å². The first-order valence-corrected chi connectivity index (χ1v) is 8.38. The van der Waals surface area contributed by atoms with Crippen molar-refractivity contribution in [3.63, 3.8) is 0 Å². The molecule has 1 N–H and O–H groups in total. The number of nitrogens with one attached hydrogen (secondary N) is 1. The van der Waals surface area contributed by atoms with E-state index in [0.29, 0.717) is 11.4 Å². The number of furan rings is 1. The van der Waals surface area contributed by atoms with Crippen molar-refractivity contribution >= 4 is 22.6 Å². The van der Waals surface area contributed by atoms with E-state index >= 15 is 0 Å². The van der Waals surface area contributed by atoms with E-state index < -0.39 is 5.91 Å². The lowest BCUT2D eigenvalue weighted by atomic mass is 10.1. The van der Waals surface area contributed by atoms with Crippen LogP contribution in [-0.2, 0) is 6.42 Å². The molecule has 0 aliphatic heterocycles. The maximum absolute atomic E-state index is 12.3. The van der Waals surface area contributed by atoms with Crippen molar-refractivity contribution in [2.45, 2.75) is 20.3 Å². The summed E-state index contributed by atoms with van der Waals surface area (Å²) < 4.78 is 11.3. The summed E-state index contributed by atoms with van der Waals surface area (Å²) in [6, 6.07) is 15.3. The van der Waals surface area contributed by atoms with Gasteiger partial charge in [0.05, 0.1) is 0 Å². The van der Waals surface area contributed by atoms with Crippen LogP contribution >= 0.6 is 0 Å². The first-order chi connectivity index (χ1) is 12.7. The van der Waals surface area contributed by atoms with Crippen LogP contribution < -0.4 is 5.32 Å². The third-order valence-corrected chi connectivity index (χ3v) is 4.28. The molecule has 0 saturated heterocycles. The molecule has 2 aromatic carbocycles. The number of aromatic nitrogens is 2. The summed E-state index contributed by atoms with van der Waals surface area (Å²) in [5.74, 6) is 0.0939. The molecule has 1 amide bonds. The number of carbonyl (C=O) groups is 1. The van der Waals surface area contributed by atoms with Gasteiger partial charge in [-0.05, 0) is 37.1 Å². The molecular formula is C20H17N3O3. The van der Waals surface area contributed by atoms with Crippen LogP contribution in [0.15, 0.2) is 57.4 Å². The average molecular weight is 347 g/mol. The van der Waals surface area contributed by atoms with Crippen LogP contribution in [-0.4, -0.2) is 16.1 Å². The number of hydrogen-bond donors (Lipinski definition) is 1. The quantitative estimate of drug-likeness (QED) is 0.583. The first kappa shape index (κ1) is 16.1. The number of fused-ring (bicyclic) bond motifs is 1. The fourth-order valence-corrected chi connectivity index (χ4v) is 2.79. The molecule has 0 atom stereocenters. The zero-order chi connectivity index (χ0) is 18.1. The van der Waals surface area contributed by atoms with Gasteiger partial charge in [0, 0.05) is 16.6 Å². The number of benzene rings is 2. The Morgan fingerprint density at radius 3 is 2.54 bits per heavy atom. The highest BCUT2D eigenvalue weighted by Gasteiger charge is 2.21. The predicted octanol–water partition coefficient (Wildman–Crippen LogP) is 4.61. The standard InChI is InChI=1S/C20H17N3O3/c1-3-13-8-10-14(11-9-13)21-18(24)20-23-22-19(26-20)17-12(2)15-6-4-5-7-16(15)25-17/h4-11H,3H2,1-2H3,(H,21,24). The summed E-state index contributed by atoms with van der Waals surface area (Å²) in [6.45, 7) is 3.99. The number of aryl methyl sites for hydroxylation is 2. The van der Waals surface area contributed by atoms with Crippen LogP contribution in [0.4, 0.5) is 5.69 Å². The zero-order valence-electron chi connectivity index (χ0n) is 14.4. The molecule has 130 valence electrons. The van der Waals surface area contributed by atoms with Gasteiger partial charge in [0.2, 0.25) is 0 Å². The van der Waals surface area contributed by atoms with Crippen LogP contribution in [0.5, 0.6) is 0 Å². The molecule has 0 radical (unpaired) electrons. The molecular weight excluding hydrogens is 330 g/mol. The molecule has 0 aliphatic rings. The molecule has 6 nitrogen and oxygen atoms in total. The van der Waals surface area contributed by atoms with Crippen LogP contribution in [0.25, 0.3) is 22.6 Å². The fraction of sp³-hybridized carbons (Fsp3) is 0.150. The van der Waals surface area contributed by atoms with E-state index in [1.54, 1.807) is 0 Å². The Morgan fingerprint density at radius 1 is 1.04 bits per heavy atom. The van der Waals surface area contributed by atoms with Gasteiger partial charge < -0.3 is 14.2 Å².